The Labute approximate surface area is 234 Å². The summed E-state index contributed by atoms with van der Waals surface area (Å²) in [6.45, 7) is 6.46. The van der Waals surface area contributed by atoms with E-state index < -0.39 is 5.97 Å². The zero-order chi connectivity index (χ0) is 28.8. The Morgan fingerprint density at radius 2 is 1.68 bits per heavy atom. The molecule has 0 aliphatic carbocycles. The zero-order valence-electron chi connectivity index (χ0n) is 23.2. The number of anilines is 2. The van der Waals surface area contributed by atoms with Crippen LogP contribution in [-0.4, -0.2) is 54.2 Å². The van der Waals surface area contributed by atoms with Crippen molar-refractivity contribution >= 4 is 29.3 Å². The molecular weight excluding hydrogens is 510 g/mol. The summed E-state index contributed by atoms with van der Waals surface area (Å²) in [5.41, 5.74) is 4.56. The molecule has 1 aliphatic rings. The molecule has 3 amide bonds. The monoisotopic (exact) mass is 545 g/mol. The molecule has 0 saturated carbocycles. The number of benzene rings is 3. The minimum atomic E-state index is -0.967. The van der Waals surface area contributed by atoms with Crippen LogP contribution >= 0.6 is 0 Å². The minimum Gasteiger partial charge on any atom is -0.495 e. The maximum atomic E-state index is 13.3. The second-order valence-electron chi connectivity index (χ2n) is 10.0. The lowest BCUT2D eigenvalue weighted by Gasteiger charge is -2.25. The lowest BCUT2D eigenvalue weighted by molar-refractivity contribution is -0.131. The lowest BCUT2D eigenvalue weighted by atomic mass is 10.0. The first-order valence-corrected chi connectivity index (χ1v) is 13.2. The fourth-order valence-electron chi connectivity index (χ4n) is 4.91. The van der Waals surface area contributed by atoms with Gasteiger partial charge in [0.05, 0.1) is 30.8 Å². The zero-order valence-corrected chi connectivity index (χ0v) is 23.2. The van der Waals surface area contributed by atoms with Crippen molar-refractivity contribution in [2.45, 2.75) is 46.1 Å². The Balaban J connectivity index is 1.37. The van der Waals surface area contributed by atoms with Crippen LogP contribution in [0.25, 0.3) is 0 Å². The van der Waals surface area contributed by atoms with E-state index in [1.165, 1.54) is 7.11 Å². The Hall–Kier alpha value is -4.53. The van der Waals surface area contributed by atoms with Gasteiger partial charge in [-0.3, -0.25) is 4.79 Å². The number of aromatic carboxylic acids is 1. The third-order valence-corrected chi connectivity index (χ3v) is 7.14. The molecule has 0 radical (unpaired) electrons. The van der Waals surface area contributed by atoms with E-state index in [2.05, 4.69) is 10.6 Å². The second kappa shape index (κ2) is 12.5. The van der Waals surface area contributed by atoms with Crippen molar-refractivity contribution in [3.05, 3.63) is 82.4 Å². The van der Waals surface area contributed by atoms with Gasteiger partial charge in [0.2, 0.25) is 5.91 Å². The number of ether oxygens (including phenoxy) is 2. The van der Waals surface area contributed by atoms with E-state index >= 15 is 0 Å². The van der Waals surface area contributed by atoms with Gasteiger partial charge in [0, 0.05) is 12.2 Å². The number of nitrogens with one attached hydrogen (secondary N) is 2. The second-order valence-corrected chi connectivity index (χ2v) is 10.0. The van der Waals surface area contributed by atoms with Crippen LogP contribution in [0.3, 0.4) is 0 Å². The van der Waals surface area contributed by atoms with Gasteiger partial charge in [0.15, 0.2) is 0 Å². The molecule has 1 heterocycles. The number of carboxylic acids is 1. The van der Waals surface area contributed by atoms with Gasteiger partial charge in [0.25, 0.3) is 0 Å². The first-order valence-electron chi connectivity index (χ1n) is 13.2. The summed E-state index contributed by atoms with van der Waals surface area (Å²) in [5.74, 6) is 0.106. The molecule has 1 fully saturated rings. The Bertz CT molecular complexity index is 1420. The number of carbonyl (C=O) groups is 3. The number of likely N-dealkylation sites (tertiary alicyclic amines) is 1. The molecule has 9 heteroatoms. The highest BCUT2D eigenvalue weighted by atomic mass is 16.5. The van der Waals surface area contributed by atoms with Gasteiger partial charge in [-0.2, -0.15) is 0 Å². The van der Waals surface area contributed by atoms with E-state index in [9.17, 15) is 19.5 Å². The van der Waals surface area contributed by atoms with Gasteiger partial charge < -0.3 is 30.1 Å². The van der Waals surface area contributed by atoms with Crippen molar-refractivity contribution in [3.8, 4) is 11.5 Å². The summed E-state index contributed by atoms with van der Waals surface area (Å²) in [5, 5.41) is 15.0. The van der Waals surface area contributed by atoms with Crippen molar-refractivity contribution in [1.82, 2.24) is 4.90 Å². The molecule has 3 aromatic carbocycles. The highest BCUT2D eigenvalue weighted by Crippen LogP contribution is 2.28. The molecule has 4 rings (SSSR count). The molecule has 3 N–H and O–H groups in total. The molecule has 9 nitrogen and oxygen atoms in total. The average Bonchev–Trinajstić information content (AvgIpc) is 3.40. The maximum Gasteiger partial charge on any atom is 0.335 e. The summed E-state index contributed by atoms with van der Waals surface area (Å²) in [6.07, 6.45) is 1.91. The number of nitrogens with zero attached hydrogens (tertiary/aromatic N) is 1. The number of methoxy groups -OCH3 is 1. The van der Waals surface area contributed by atoms with E-state index in [4.69, 9.17) is 9.47 Å². The Morgan fingerprint density at radius 1 is 0.925 bits per heavy atom. The van der Waals surface area contributed by atoms with Crippen molar-refractivity contribution in [1.29, 1.82) is 0 Å². The predicted octanol–water partition coefficient (Wildman–Crippen LogP) is 5.58. The van der Waals surface area contributed by atoms with Gasteiger partial charge in [-0.1, -0.05) is 24.3 Å². The molecule has 40 heavy (non-hydrogen) atoms. The SMILES string of the molecule is COc1cc(CC(=O)N2CCC[C@H]2COc2cc(C)c(C(=O)O)cc2C)ccc1NC(=O)Nc1ccccc1C. The smallest absolute Gasteiger partial charge is 0.335 e. The van der Waals surface area contributed by atoms with Crippen molar-refractivity contribution in [3.63, 3.8) is 0 Å². The van der Waals surface area contributed by atoms with Crippen LogP contribution in [0.4, 0.5) is 16.2 Å². The fourth-order valence-corrected chi connectivity index (χ4v) is 4.91. The molecule has 3 aromatic rings. The summed E-state index contributed by atoms with van der Waals surface area (Å²) >= 11 is 0. The van der Waals surface area contributed by atoms with Crippen LogP contribution in [0.15, 0.2) is 54.6 Å². The highest BCUT2D eigenvalue weighted by Gasteiger charge is 2.29. The van der Waals surface area contributed by atoms with Crippen LogP contribution in [-0.2, 0) is 11.2 Å². The number of rotatable bonds is 9. The first-order chi connectivity index (χ1) is 19.2. The summed E-state index contributed by atoms with van der Waals surface area (Å²) in [7, 11) is 1.52. The maximum absolute atomic E-state index is 13.3. The number of hydrogen-bond acceptors (Lipinski definition) is 5. The summed E-state index contributed by atoms with van der Waals surface area (Å²) < 4.78 is 11.5. The van der Waals surface area contributed by atoms with Crippen molar-refractivity contribution in [2.75, 3.05) is 30.9 Å². The summed E-state index contributed by atoms with van der Waals surface area (Å²) in [4.78, 5) is 39.0. The molecule has 0 unspecified atom stereocenters. The minimum absolute atomic E-state index is 0.0136. The van der Waals surface area contributed by atoms with Crippen LogP contribution in [0.5, 0.6) is 11.5 Å². The van der Waals surface area contributed by atoms with Crippen molar-refractivity contribution < 1.29 is 29.0 Å². The lowest BCUT2D eigenvalue weighted by Crippen LogP contribution is -2.40. The number of amides is 3. The van der Waals surface area contributed by atoms with Gasteiger partial charge in [-0.05, 0) is 86.2 Å². The van der Waals surface area contributed by atoms with Gasteiger partial charge in [0.1, 0.15) is 18.1 Å². The molecule has 0 aromatic heterocycles. The molecule has 0 spiro atoms. The Morgan fingerprint density at radius 3 is 2.40 bits per heavy atom. The van der Waals surface area contributed by atoms with Crippen LogP contribution in [0.1, 0.15) is 45.5 Å². The van der Waals surface area contributed by atoms with Gasteiger partial charge in [-0.25, -0.2) is 9.59 Å². The third-order valence-electron chi connectivity index (χ3n) is 7.14. The fraction of sp³-hybridized carbons (Fsp3) is 0.323. The molecular formula is C31H35N3O6. The van der Waals surface area contributed by atoms with E-state index in [1.54, 1.807) is 31.2 Å². The van der Waals surface area contributed by atoms with Crippen LogP contribution in [0.2, 0.25) is 0 Å². The molecule has 1 atom stereocenters. The van der Waals surface area contributed by atoms with Crippen molar-refractivity contribution in [2.24, 2.45) is 0 Å². The van der Waals surface area contributed by atoms with Crippen LogP contribution < -0.4 is 20.1 Å². The van der Waals surface area contributed by atoms with E-state index in [1.807, 2.05) is 49.1 Å². The predicted molar refractivity (Wildman–Crippen MR) is 154 cm³/mol. The first kappa shape index (κ1) is 28.5. The molecule has 0 bridgehead atoms. The molecule has 210 valence electrons. The standard InChI is InChI=1S/C31H35N3O6/c1-19-8-5-6-10-25(19)32-31(38)33-26-12-11-22(16-28(26)39-4)17-29(35)34-13-7-9-23(34)18-40-27-15-20(2)24(30(36)37)14-21(27)3/h5-6,8,10-12,14-16,23H,7,9,13,17-18H2,1-4H3,(H,36,37)(H2,32,33,38)/t23-/m0/s1. The topological polar surface area (TPSA) is 117 Å². The highest BCUT2D eigenvalue weighted by molar-refractivity contribution is 6.01. The summed E-state index contributed by atoms with van der Waals surface area (Å²) in [6, 6.07) is 15.7. The van der Waals surface area contributed by atoms with Gasteiger partial charge in [-0.15, -0.1) is 0 Å². The van der Waals surface area contributed by atoms with E-state index in [-0.39, 0.29) is 30.0 Å². The number of carboxylic acid groups (broad SMARTS) is 1. The number of hydrogen-bond donors (Lipinski definition) is 3. The molecule has 1 aliphatic heterocycles. The van der Waals surface area contributed by atoms with Crippen LogP contribution in [0, 0.1) is 20.8 Å². The third kappa shape index (κ3) is 6.72. The number of para-hydroxylation sites is 1. The average molecular weight is 546 g/mol. The Kier molecular flexibility index (Phi) is 8.93. The number of aryl methyl sites for hydroxylation is 3. The van der Waals surface area contributed by atoms with E-state index in [0.717, 1.165) is 29.5 Å². The normalized spacial score (nSPS) is 14.5. The number of carbonyl (C=O) groups excluding carboxylic acids is 2. The van der Waals surface area contributed by atoms with Gasteiger partial charge >= 0.3 is 12.0 Å². The quantitative estimate of drug-likeness (QED) is 0.323. The largest absolute Gasteiger partial charge is 0.495 e. The number of urea groups is 1. The molecule has 1 saturated heterocycles. The van der Waals surface area contributed by atoms with E-state index in [0.29, 0.717) is 41.6 Å².